The van der Waals surface area contributed by atoms with Gasteiger partial charge in [0.25, 0.3) is 0 Å². The second-order valence-electron chi connectivity index (χ2n) is 6.31. The molecular formula is C18H22N4O2. The number of aryl methyl sites for hydroxylation is 2. The minimum Gasteiger partial charge on any atom is -0.330 e. The Morgan fingerprint density at radius 3 is 2.42 bits per heavy atom. The first-order chi connectivity index (χ1) is 11.5. The van der Waals surface area contributed by atoms with Gasteiger partial charge in [0, 0.05) is 25.0 Å². The van der Waals surface area contributed by atoms with E-state index in [0.717, 1.165) is 16.8 Å². The number of piperazine rings is 1. The largest absolute Gasteiger partial charge is 0.330 e. The summed E-state index contributed by atoms with van der Waals surface area (Å²) >= 11 is 0. The molecule has 0 aliphatic carbocycles. The second kappa shape index (κ2) is 6.47. The van der Waals surface area contributed by atoms with Crippen molar-refractivity contribution >= 4 is 17.5 Å². The van der Waals surface area contributed by atoms with Crippen LogP contribution < -0.4 is 4.90 Å². The summed E-state index contributed by atoms with van der Waals surface area (Å²) in [6, 6.07) is 7.46. The van der Waals surface area contributed by atoms with Crippen LogP contribution in [0.2, 0.25) is 0 Å². The first-order valence-electron chi connectivity index (χ1n) is 8.12. The molecular weight excluding hydrogens is 304 g/mol. The highest BCUT2D eigenvalue weighted by Gasteiger charge is 2.31. The van der Waals surface area contributed by atoms with Crippen LogP contribution >= 0.6 is 0 Å². The molecule has 1 aromatic carbocycles. The van der Waals surface area contributed by atoms with Gasteiger partial charge in [0.2, 0.25) is 11.8 Å². The number of anilines is 1. The fraction of sp³-hybridized carbons (Fsp3) is 0.389. The lowest BCUT2D eigenvalue weighted by molar-refractivity contribution is -0.139. The molecule has 6 nitrogen and oxygen atoms in total. The van der Waals surface area contributed by atoms with Crippen molar-refractivity contribution in [3.63, 3.8) is 0 Å². The summed E-state index contributed by atoms with van der Waals surface area (Å²) < 4.78 is 1.65. The maximum absolute atomic E-state index is 12.6. The monoisotopic (exact) mass is 326 g/mol. The lowest BCUT2D eigenvalue weighted by Gasteiger charge is -2.35. The van der Waals surface area contributed by atoms with Crippen LogP contribution in [0.1, 0.15) is 24.1 Å². The average Bonchev–Trinajstić information content (AvgIpc) is 3.01. The topological polar surface area (TPSA) is 58.4 Å². The van der Waals surface area contributed by atoms with E-state index in [0.29, 0.717) is 13.1 Å². The average molecular weight is 326 g/mol. The minimum absolute atomic E-state index is 0.0534. The number of hydrogen-bond donors (Lipinski definition) is 0. The summed E-state index contributed by atoms with van der Waals surface area (Å²) in [6.45, 7) is 6.91. The number of aromatic nitrogens is 2. The van der Waals surface area contributed by atoms with E-state index in [1.165, 1.54) is 0 Å². The molecule has 0 saturated carbocycles. The quantitative estimate of drug-likeness (QED) is 0.866. The van der Waals surface area contributed by atoms with Gasteiger partial charge in [-0.05, 0) is 38.5 Å². The minimum atomic E-state index is -0.405. The van der Waals surface area contributed by atoms with E-state index >= 15 is 0 Å². The molecule has 6 heteroatoms. The van der Waals surface area contributed by atoms with Crippen molar-refractivity contribution in [2.75, 3.05) is 24.5 Å². The zero-order valence-electron chi connectivity index (χ0n) is 14.3. The Labute approximate surface area is 141 Å². The molecule has 1 aromatic heterocycles. The van der Waals surface area contributed by atoms with Gasteiger partial charge in [0.1, 0.15) is 12.6 Å². The molecule has 1 unspecified atom stereocenters. The molecule has 2 amide bonds. The zero-order valence-corrected chi connectivity index (χ0v) is 14.3. The summed E-state index contributed by atoms with van der Waals surface area (Å²) in [5.74, 6) is -0.127. The molecule has 24 heavy (non-hydrogen) atoms. The number of rotatable bonds is 3. The SMILES string of the molecule is Cc1ccc(N2CCN(C(=O)C(C)n3cc(C)cn3)CC2=O)cc1. The Morgan fingerprint density at radius 2 is 1.83 bits per heavy atom. The Morgan fingerprint density at radius 1 is 1.12 bits per heavy atom. The maximum Gasteiger partial charge on any atom is 0.247 e. The summed E-state index contributed by atoms with van der Waals surface area (Å²) in [4.78, 5) is 28.5. The van der Waals surface area contributed by atoms with E-state index in [-0.39, 0.29) is 18.4 Å². The van der Waals surface area contributed by atoms with Crippen molar-refractivity contribution < 1.29 is 9.59 Å². The second-order valence-corrected chi connectivity index (χ2v) is 6.31. The summed E-state index contributed by atoms with van der Waals surface area (Å²) in [5, 5.41) is 4.20. The third-order valence-electron chi connectivity index (χ3n) is 4.36. The van der Waals surface area contributed by atoms with Gasteiger partial charge in [-0.15, -0.1) is 0 Å². The molecule has 2 heterocycles. The molecule has 1 saturated heterocycles. The van der Waals surface area contributed by atoms with Crippen molar-refractivity contribution in [2.24, 2.45) is 0 Å². The van der Waals surface area contributed by atoms with Gasteiger partial charge < -0.3 is 9.80 Å². The Hall–Kier alpha value is -2.63. The molecule has 3 rings (SSSR count). The highest BCUT2D eigenvalue weighted by molar-refractivity contribution is 5.98. The standard InChI is InChI=1S/C18H22N4O2/c1-13-4-6-16(7-5-13)21-9-8-20(12-17(21)23)18(24)15(3)22-11-14(2)10-19-22/h4-7,10-11,15H,8-9,12H2,1-3H3. The normalized spacial score (nSPS) is 16.4. The third kappa shape index (κ3) is 3.18. The van der Waals surface area contributed by atoms with Gasteiger partial charge in [-0.3, -0.25) is 14.3 Å². The van der Waals surface area contributed by atoms with Gasteiger partial charge >= 0.3 is 0 Å². The molecule has 0 spiro atoms. The van der Waals surface area contributed by atoms with Crippen molar-refractivity contribution in [3.8, 4) is 0 Å². The predicted molar refractivity (Wildman–Crippen MR) is 91.8 cm³/mol. The van der Waals surface area contributed by atoms with Crippen molar-refractivity contribution in [1.82, 2.24) is 14.7 Å². The first kappa shape index (κ1) is 16.2. The van der Waals surface area contributed by atoms with Crippen LogP contribution in [0.3, 0.4) is 0 Å². The van der Waals surface area contributed by atoms with Gasteiger partial charge in [0.15, 0.2) is 0 Å². The molecule has 0 bridgehead atoms. The molecule has 1 aliphatic rings. The summed E-state index contributed by atoms with van der Waals surface area (Å²) in [5.41, 5.74) is 3.05. The highest BCUT2D eigenvalue weighted by Crippen LogP contribution is 2.19. The molecule has 1 fully saturated rings. The number of carbonyl (C=O) groups is 2. The molecule has 2 aromatic rings. The summed E-state index contributed by atoms with van der Waals surface area (Å²) in [6.07, 6.45) is 3.57. The number of nitrogens with zero attached hydrogens (tertiary/aromatic N) is 4. The Bertz CT molecular complexity index is 751. The Kier molecular flexibility index (Phi) is 4.38. The van der Waals surface area contributed by atoms with Crippen molar-refractivity contribution in [3.05, 3.63) is 47.8 Å². The molecule has 0 radical (unpaired) electrons. The van der Waals surface area contributed by atoms with Crippen LogP contribution in [0.5, 0.6) is 0 Å². The molecule has 1 atom stereocenters. The predicted octanol–water partition coefficient (Wildman–Crippen LogP) is 1.94. The Balaban J connectivity index is 1.67. The van der Waals surface area contributed by atoms with Crippen molar-refractivity contribution in [1.29, 1.82) is 0 Å². The van der Waals surface area contributed by atoms with Gasteiger partial charge in [-0.2, -0.15) is 5.10 Å². The third-order valence-corrected chi connectivity index (χ3v) is 4.36. The molecule has 126 valence electrons. The molecule has 0 N–H and O–H groups in total. The molecule has 1 aliphatic heterocycles. The number of benzene rings is 1. The van der Waals surface area contributed by atoms with E-state index in [9.17, 15) is 9.59 Å². The van der Waals surface area contributed by atoms with E-state index in [4.69, 9.17) is 0 Å². The fourth-order valence-corrected chi connectivity index (χ4v) is 2.88. The smallest absolute Gasteiger partial charge is 0.247 e. The van der Waals surface area contributed by atoms with E-state index in [1.54, 1.807) is 20.7 Å². The van der Waals surface area contributed by atoms with Crippen LogP contribution in [0.15, 0.2) is 36.7 Å². The number of hydrogen-bond acceptors (Lipinski definition) is 3. The van der Waals surface area contributed by atoms with Crippen LogP contribution in [0, 0.1) is 13.8 Å². The summed E-state index contributed by atoms with van der Waals surface area (Å²) in [7, 11) is 0. The number of carbonyl (C=O) groups excluding carboxylic acids is 2. The highest BCUT2D eigenvalue weighted by atomic mass is 16.2. The van der Waals surface area contributed by atoms with Crippen LogP contribution in [0.25, 0.3) is 0 Å². The first-order valence-corrected chi connectivity index (χ1v) is 8.12. The maximum atomic E-state index is 12.6. The van der Waals surface area contributed by atoms with Crippen molar-refractivity contribution in [2.45, 2.75) is 26.8 Å². The van der Waals surface area contributed by atoms with Crippen LogP contribution in [-0.4, -0.2) is 46.1 Å². The number of amides is 2. The fourth-order valence-electron chi connectivity index (χ4n) is 2.88. The van der Waals surface area contributed by atoms with E-state index in [1.807, 2.05) is 51.2 Å². The lowest BCUT2D eigenvalue weighted by atomic mass is 10.2. The van der Waals surface area contributed by atoms with Gasteiger partial charge in [-0.1, -0.05) is 17.7 Å². The zero-order chi connectivity index (χ0) is 17.3. The van der Waals surface area contributed by atoms with E-state index in [2.05, 4.69) is 5.10 Å². The lowest BCUT2D eigenvalue weighted by Crippen LogP contribution is -2.53. The van der Waals surface area contributed by atoms with Gasteiger partial charge in [-0.25, -0.2) is 0 Å². The van der Waals surface area contributed by atoms with Crippen LogP contribution in [-0.2, 0) is 9.59 Å². The van der Waals surface area contributed by atoms with Crippen LogP contribution in [0.4, 0.5) is 5.69 Å². The van der Waals surface area contributed by atoms with E-state index < -0.39 is 6.04 Å². The van der Waals surface area contributed by atoms with Gasteiger partial charge in [0.05, 0.1) is 6.20 Å².